The van der Waals surface area contributed by atoms with Gasteiger partial charge in [0.15, 0.2) is 5.03 Å². The number of hydrogen-bond acceptors (Lipinski definition) is 9. The molecule has 15 heteroatoms. The Kier molecular flexibility index (Phi) is 7.64. The molecule has 234 valence electrons. The first kappa shape index (κ1) is 30.0. The Labute approximate surface area is 260 Å². The lowest BCUT2D eigenvalue weighted by Gasteiger charge is -2.33. The number of piperidine rings is 1. The third kappa shape index (κ3) is 6.29. The van der Waals surface area contributed by atoms with Gasteiger partial charge in [0.2, 0.25) is 0 Å². The molecule has 6 rings (SSSR count). The predicted molar refractivity (Wildman–Crippen MR) is 168 cm³/mol. The number of likely N-dealkylation sites (tertiary alicyclic amines) is 1. The topological polar surface area (TPSA) is 165 Å². The number of carbonyl (C=O) groups is 1. The van der Waals surface area contributed by atoms with Crippen LogP contribution in [0.25, 0.3) is 27.9 Å². The maximum absolute atomic E-state index is 13.7. The third-order valence-electron chi connectivity index (χ3n) is 7.51. The number of sulfonamides is 1. The second-order valence-corrected chi connectivity index (χ2v) is 13.6. The van der Waals surface area contributed by atoms with Crippen LogP contribution in [0.3, 0.4) is 0 Å². The molecule has 1 saturated heterocycles. The molecular weight excluding hydrogens is 596 g/mol. The highest BCUT2D eigenvalue weighted by Crippen LogP contribution is 2.29. The van der Waals surface area contributed by atoms with E-state index in [0.29, 0.717) is 24.3 Å². The molecule has 1 aliphatic rings. The van der Waals surface area contributed by atoms with Crippen LogP contribution in [0.5, 0.6) is 0 Å². The van der Waals surface area contributed by atoms with Crippen LogP contribution in [0.1, 0.15) is 45.3 Å². The van der Waals surface area contributed by atoms with Crippen molar-refractivity contribution in [1.82, 2.24) is 38.8 Å². The number of ether oxygens (including phenoxy) is 1. The van der Waals surface area contributed by atoms with Crippen LogP contribution in [-0.2, 0) is 21.8 Å². The zero-order valence-electron chi connectivity index (χ0n) is 25.4. The van der Waals surface area contributed by atoms with Crippen molar-refractivity contribution in [3.8, 4) is 22.3 Å². The molecule has 0 atom stereocenters. The number of fused-ring (bicyclic) bond motifs is 1. The fourth-order valence-electron chi connectivity index (χ4n) is 5.25. The van der Waals surface area contributed by atoms with Gasteiger partial charge in [-0.3, -0.25) is 23.5 Å². The monoisotopic (exact) mass is 630 g/mol. The van der Waals surface area contributed by atoms with Gasteiger partial charge in [0.05, 0.1) is 30.3 Å². The summed E-state index contributed by atoms with van der Waals surface area (Å²) in [5.41, 5.74) is 3.22. The predicted octanol–water partition coefficient (Wildman–Crippen LogP) is 4.36. The minimum absolute atomic E-state index is 0.0601. The molecule has 1 fully saturated rings. The van der Waals surface area contributed by atoms with Crippen LogP contribution in [0.15, 0.2) is 66.6 Å². The van der Waals surface area contributed by atoms with Gasteiger partial charge in [-0.15, -0.1) is 0 Å². The Morgan fingerprint density at radius 1 is 0.978 bits per heavy atom. The van der Waals surface area contributed by atoms with Crippen molar-refractivity contribution in [1.29, 1.82) is 5.41 Å². The molecular formula is C30H34N10O4S. The van der Waals surface area contributed by atoms with E-state index >= 15 is 0 Å². The Bertz CT molecular complexity index is 2000. The number of pyridine rings is 2. The number of aryl methyl sites for hydroxylation is 1. The summed E-state index contributed by atoms with van der Waals surface area (Å²) < 4.78 is 40.5. The second-order valence-electron chi connectivity index (χ2n) is 12.0. The Hall–Kier alpha value is -5.05. The molecule has 5 aromatic heterocycles. The fraction of sp³-hybridized carbons (Fsp3) is 0.333. The molecule has 1 amide bonds. The average molecular weight is 631 g/mol. The molecule has 0 spiro atoms. The molecule has 5 aromatic rings. The molecule has 0 aromatic carbocycles. The molecule has 45 heavy (non-hydrogen) atoms. The van der Waals surface area contributed by atoms with Crippen molar-refractivity contribution in [2.24, 2.45) is 7.05 Å². The van der Waals surface area contributed by atoms with Crippen molar-refractivity contribution >= 4 is 33.7 Å². The van der Waals surface area contributed by atoms with Gasteiger partial charge in [0.25, 0.3) is 10.0 Å². The number of rotatable bonds is 7. The highest BCUT2D eigenvalue weighted by Gasteiger charge is 2.28. The number of nitrogens with zero attached hydrogens (tertiary/aromatic N) is 8. The maximum atomic E-state index is 13.7. The van der Waals surface area contributed by atoms with Crippen molar-refractivity contribution in [2.75, 3.05) is 17.8 Å². The largest absolute Gasteiger partial charge is 0.444 e. The highest BCUT2D eigenvalue weighted by atomic mass is 32.2. The van der Waals surface area contributed by atoms with Gasteiger partial charge in [0, 0.05) is 73.4 Å². The Morgan fingerprint density at radius 2 is 1.71 bits per heavy atom. The van der Waals surface area contributed by atoms with Gasteiger partial charge in [-0.2, -0.15) is 18.6 Å². The maximum Gasteiger partial charge on any atom is 0.410 e. The van der Waals surface area contributed by atoms with Gasteiger partial charge >= 0.3 is 6.09 Å². The van der Waals surface area contributed by atoms with Crippen molar-refractivity contribution in [3.63, 3.8) is 0 Å². The fourth-order valence-corrected chi connectivity index (χ4v) is 6.41. The quantitative estimate of drug-likeness (QED) is 0.250. The molecule has 0 aliphatic carbocycles. The van der Waals surface area contributed by atoms with E-state index in [9.17, 15) is 13.2 Å². The zero-order chi connectivity index (χ0) is 31.9. The average Bonchev–Trinajstić information content (AvgIpc) is 3.76. The first-order chi connectivity index (χ1) is 21.4. The number of aromatic nitrogens is 7. The summed E-state index contributed by atoms with van der Waals surface area (Å²) in [4.78, 5) is 22.8. The Morgan fingerprint density at radius 3 is 2.40 bits per heavy atom. The standard InChI is InChI=1S/C30H34N10O4S/c1-30(2,3)44-29(41)38-9-7-24(8-10-38)40-19-23(15-35-40)21-11-25(26(12-31)32-13-21)36-45(42,43)28-16-33-27-6-5-20(18-39(27)28)22-14-34-37(4)17-22/h5-6,11-19,24,31,36H,7-10H2,1-4H3. The van der Waals surface area contributed by atoms with Crippen molar-refractivity contribution in [2.45, 2.75) is 50.3 Å². The van der Waals surface area contributed by atoms with E-state index in [1.54, 1.807) is 46.5 Å². The molecule has 0 unspecified atom stereocenters. The van der Waals surface area contributed by atoms with E-state index in [-0.39, 0.29) is 28.5 Å². The lowest BCUT2D eigenvalue weighted by molar-refractivity contribution is 0.0184. The van der Waals surface area contributed by atoms with Gasteiger partial charge in [-0.25, -0.2) is 9.78 Å². The summed E-state index contributed by atoms with van der Waals surface area (Å²) in [5, 5.41) is 16.5. The number of imidazole rings is 1. The van der Waals surface area contributed by atoms with Crippen LogP contribution in [0.4, 0.5) is 10.5 Å². The summed E-state index contributed by atoms with van der Waals surface area (Å²) in [7, 11) is -2.32. The first-order valence-corrected chi connectivity index (χ1v) is 15.9. The number of carbonyl (C=O) groups excluding carboxylic acids is 1. The summed E-state index contributed by atoms with van der Waals surface area (Å²) >= 11 is 0. The molecule has 1 aliphatic heterocycles. The second kappa shape index (κ2) is 11.5. The highest BCUT2D eigenvalue weighted by molar-refractivity contribution is 7.92. The number of hydrogen-bond donors (Lipinski definition) is 2. The van der Waals surface area contributed by atoms with Crippen LogP contribution in [0.2, 0.25) is 0 Å². The number of amides is 1. The molecule has 6 heterocycles. The van der Waals surface area contributed by atoms with Gasteiger partial charge in [-0.05, 0) is 51.8 Å². The number of nitrogens with one attached hydrogen (secondary N) is 2. The molecule has 0 saturated carbocycles. The van der Waals surface area contributed by atoms with Gasteiger partial charge < -0.3 is 15.0 Å². The van der Waals surface area contributed by atoms with E-state index in [1.807, 2.05) is 51.0 Å². The van der Waals surface area contributed by atoms with E-state index in [2.05, 4.69) is 24.9 Å². The van der Waals surface area contributed by atoms with Crippen LogP contribution >= 0.6 is 0 Å². The van der Waals surface area contributed by atoms with E-state index in [4.69, 9.17) is 10.1 Å². The molecule has 2 N–H and O–H groups in total. The normalized spacial score (nSPS) is 14.5. The lowest BCUT2D eigenvalue weighted by atomic mass is 10.1. The lowest BCUT2D eigenvalue weighted by Crippen LogP contribution is -2.42. The summed E-state index contributed by atoms with van der Waals surface area (Å²) in [5.74, 6) is 0. The van der Waals surface area contributed by atoms with Gasteiger partial charge in [0.1, 0.15) is 16.9 Å². The summed E-state index contributed by atoms with van der Waals surface area (Å²) in [6, 6.07) is 5.33. The van der Waals surface area contributed by atoms with Crippen molar-refractivity contribution in [3.05, 3.63) is 67.3 Å². The van der Waals surface area contributed by atoms with Crippen LogP contribution in [-0.4, -0.2) is 78.2 Å². The molecule has 0 bridgehead atoms. The summed E-state index contributed by atoms with van der Waals surface area (Å²) in [6.07, 6.45) is 13.8. The van der Waals surface area contributed by atoms with E-state index < -0.39 is 15.6 Å². The smallest absolute Gasteiger partial charge is 0.410 e. The van der Waals surface area contributed by atoms with Crippen LogP contribution < -0.4 is 4.72 Å². The van der Waals surface area contributed by atoms with Crippen molar-refractivity contribution < 1.29 is 17.9 Å². The van der Waals surface area contributed by atoms with Gasteiger partial charge in [-0.1, -0.05) is 0 Å². The molecule has 0 radical (unpaired) electrons. The summed E-state index contributed by atoms with van der Waals surface area (Å²) in [6.45, 7) is 6.67. The zero-order valence-corrected chi connectivity index (χ0v) is 26.2. The minimum atomic E-state index is -4.13. The van der Waals surface area contributed by atoms with E-state index in [1.165, 1.54) is 10.6 Å². The molecule has 14 nitrogen and oxygen atoms in total. The first-order valence-electron chi connectivity index (χ1n) is 14.4. The van der Waals surface area contributed by atoms with Crippen LogP contribution in [0, 0.1) is 5.41 Å². The van der Waals surface area contributed by atoms with E-state index in [0.717, 1.165) is 35.7 Å². The minimum Gasteiger partial charge on any atom is -0.444 e. The third-order valence-corrected chi connectivity index (χ3v) is 8.85. The Balaban J connectivity index is 1.21. The SMILES string of the molecule is Cn1cc(-c2ccc3ncc(S(=O)(=O)Nc4cc(-c5cnn(C6CCN(C(=O)OC(C)(C)C)CC6)c5)cnc4C=N)n3c2)cn1. The number of anilines is 1.